The molecule has 23 heavy (non-hydrogen) atoms. The number of hydrogen-bond acceptors (Lipinski definition) is 3. The van der Waals surface area contributed by atoms with Crippen LogP contribution in [0.3, 0.4) is 0 Å². The molecule has 0 aromatic carbocycles. The number of hydrogen-bond donors (Lipinski definition) is 2. The van der Waals surface area contributed by atoms with Gasteiger partial charge < -0.3 is 5.32 Å². The van der Waals surface area contributed by atoms with E-state index in [1.165, 1.54) is 6.26 Å². The van der Waals surface area contributed by atoms with Gasteiger partial charge in [-0.15, -0.1) is 6.42 Å². The van der Waals surface area contributed by atoms with Gasteiger partial charge in [0.25, 0.3) is 0 Å². The van der Waals surface area contributed by atoms with Crippen molar-refractivity contribution in [3.05, 3.63) is 11.6 Å². The summed E-state index contributed by atoms with van der Waals surface area (Å²) in [5, 5.41) is 2.71. The molecule has 0 bridgehead atoms. The highest BCUT2D eigenvalue weighted by Crippen LogP contribution is 2.38. The third-order valence-electron chi connectivity index (χ3n) is 4.48. The summed E-state index contributed by atoms with van der Waals surface area (Å²) in [4.78, 5) is 11.9. The molecule has 0 unspecified atom stereocenters. The van der Waals surface area contributed by atoms with Crippen molar-refractivity contribution in [3.8, 4) is 12.3 Å². The number of terminal acetylenes is 1. The zero-order valence-electron chi connectivity index (χ0n) is 14.4. The molecular weight excluding hydrogens is 312 g/mol. The molecule has 0 radical (unpaired) electrons. The number of rotatable bonds is 7. The van der Waals surface area contributed by atoms with Crippen molar-refractivity contribution in [1.29, 1.82) is 0 Å². The summed E-state index contributed by atoms with van der Waals surface area (Å²) in [5.74, 6) is 3.48. The van der Waals surface area contributed by atoms with Crippen LogP contribution in [0.1, 0.15) is 33.6 Å². The highest BCUT2D eigenvalue weighted by Gasteiger charge is 2.32. The summed E-state index contributed by atoms with van der Waals surface area (Å²) in [7, 11) is -3.20. The summed E-state index contributed by atoms with van der Waals surface area (Å²) in [5.41, 5.74) is 1.15. The molecule has 5 nitrogen and oxygen atoms in total. The largest absolute Gasteiger partial charge is 0.345 e. The second-order valence-corrected chi connectivity index (χ2v) is 8.55. The molecule has 0 aromatic heterocycles. The van der Waals surface area contributed by atoms with Crippen LogP contribution >= 0.6 is 0 Å². The lowest BCUT2D eigenvalue weighted by Crippen LogP contribution is -2.37. The standard InChI is InChI=1S/C17H28N2O3S/c1-6-7-18-17(20)10-14-9-16(12(2)3)15(8-13(14)4)11-19-23(5,21)22/h1,8,12,14-16,19H,7,9-11H2,2-5H3,(H,18,20)/t14-,15-,16-/m0/s1. The van der Waals surface area contributed by atoms with Gasteiger partial charge in [-0.05, 0) is 37.0 Å². The molecule has 3 atom stereocenters. The molecule has 2 N–H and O–H groups in total. The molecule has 0 saturated carbocycles. The molecule has 0 fully saturated rings. The maximum Gasteiger partial charge on any atom is 0.221 e. The molecule has 1 aliphatic carbocycles. The molecule has 0 heterocycles. The summed E-state index contributed by atoms with van der Waals surface area (Å²) < 4.78 is 25.3. The molecule has 130 valence electrons. The van der Waals surface area contributed by atoms with Crippen LogP contribution in [0.2, 0.25) is 0 Å². The van der Waals surface area contributed by atoms with Crippen LogP contribution < -0.4 is 10.0 Å². The number of carbonyl (C=O) groups is 1. The fourth-order valence-electron chi connectivity index (χ4n) is 3.20. The average molecular weight is 340 g/mol. The van der Waals surface area contributed by atoms with E-state index in [1.54, 1.807) is 0 Å². The van der Waals surface area contributed by atoms with Gasteiger partial charge in [0.1, 0.15) is 0 Å². The fraction of sp³-hybridized carbons (Fsp3) is 0.706. The molecular formula is C17H28N2O3S. The Morgan fingerprint density at radius 3 is 2.65 bits per heavy atom. The van der Waals surface area contributed by atoms with E-state index in [4.69, 9.17) is 6.42 Å². The lowest BCUT2D eigenvalue weighted by molar-refractivity contribution is -0.121. The van der Waals surface area contributed by atoms with E-state index in [-0.39, 0.29) is 24.3 Å². The third kappa shape index (κ3) is 6.76. The summed E-state index contributed by atoms with van der Waals surface area (Å²) in [6.07, 6.45) is 9.78. The second kappa shape index (κ2) is 8.51. The Balaban J connectivity index is 2.80. The Bertz CT molecular complexity index is 587. The molecule has 0 aromatic rings. The van der Waals surface area contributed by atoms with E-state index in [0.29, 0.717) is 24.8 Å². The van der Waals surface area contributed by atoms with Crippen molar-refractivity contribution in [2.24, 2.45) is 23.7 Å². The van der Waals surface area contributed by atoms with Gasteiger partial charge in [0.15, 0.2) is 0 Å². The van der Waals surface area contributed by atoms with E-state index < -0.39 is 10.0 Å². The Morgan fingerprint density at radius 1 is 1.48 bits per heavy atom. The Kier molecular flexibility index (Phi) is 7.30. The van der Waals surface area contributed by atoms with E-state index >= 15 is 0 Å². The highest BCUT2D eigenvalue weighted by molar-refractivity contribution is 7.88. The van der Waals surface area contributed by atoms with Crippen LogP contribution in [0.4, 0.5) is 0 Å². The van der Waals surface area contributed by atoms with Crippen molar-refractivity contribution in [2.45, 2.75) is 33.6 Å². The van der Waals surface area contributed by atoms with Crippen LogP contribution in [0, 0.1) is 36.0 Å². The fourth-order valence-corrected chi connectivity index (χ4v) is 3.70. The van der Waals surface area contributed by atoms with E-state index in [1.807, 2.05) is 6.92 Å². The Hall–Kier alpha value is -1.32. The van der Waals surface area contributed by atoms with Gasteiger partial charge in [0, 0.05) is 13.0 Å². The van der Waals surface area contributed by atoms with Gasteiger partial charge in [-0.1, -0.05) is 31.4 Å². The lowest BCUT2D eigenvalue weighted by Gasteiger charge is -2.37. The molecule has 1 aliphatic rings. The predicted molar refractivity (Wildman–Crippen MR) is 93.0 cm³/mol. The monoisotopic (exact) mass is 340 g/mol. The first kappa shape index (κ1) is 19.7. The molecule has 1 amide bonds. The number of amides is 1. The topological polar surface area (TPSA) is 75.3 Å². The second-order valence-electron chi connectivity index (χ2n) is 6.72. The van der Waals surface area contributed by atoms with Crippen molar-refractivity contribution in [2.75, 3.05) is 19.3 Å². The maximum atomic E-state index is 11.9. The first-order valence-electron chi connectivity index (χ1n) is 7.97. The third-order valence-corrected chi connectivity index (χ3v) is 5.18. The number of carbonyl (C=O) groups excluding carboxylic acids is 1. The van der Waals surface area contributed by atoms with E-state index in [2.05, 4.69) is 35.9 Å². The molecule has 0 aliphatic heterocycles. The normalized spacial score (nSPS) is 24.9. The summed E-state index contributed by atoms with van der Waals surface area (Å²) >= 11 is 0. The zero-order valence-corrected chi connectivity index (χ0v) is 15.2. The van der Waals surface area contributed by atoms with E-state index in [0.717, 1.165) is 12.0 Å². The maximum absolute atomic E-state index is 11.9. The van der Waals surface area contributed by atoms with Crippen LogP contribution in [0.5, 0.6) is 0 Å². The SMILES string of the molecule is C#CCNC(=O)C[C@@H]1C[C@@H](C(C)C)[C@H](CNS(C)(=O)=O)C=C1C. The predicted octanol–water partition coefficient (Wildman–Crippen LogP) is 1.53. The minimum Gasteiger partial charge on any atom is -0.345 e. The molecule has 0 saturated heterocycles. The first-order chi connectivity index (χ1) is 10.6. The minimum absolute atomic E-state index is 0.0316. The molecule has 1 rings (SSSR count). The number of nitrogens with one attached hydrogen (secondary N) is 2. The van der Waals surface area contributed by atoms with Crippen LogP contribution in [0.15, 0.2) is 11.6 Å². The smallest absolute Gasteiger partial charge is 0.221 e. The summed E-state index contributed by atoms with van der Waals surface area (Å²) in [6, 6.07) is 0. The van der Waals surface area contributed by atoms with Crippen LogP contribution in [0.25, 0.3) is 0 Å². The first-order valence-corrected chi connectivity index (χ1v) is 9.86. The Labute approximate surface area is 140 Å². The van der Waals surface area contributed by atoms with Gasteiger partial charge >= 0.3 is 0 Å². The summed E-state index contributed by atoms with van der Waals surface area (Å²) in [6.45, 7) is 6.96. The van der Waals surface area contributed by atoms with Crippen molar-refractivity contribution >= 4 is 15.9 Å². The zero-order chi connectivity index (χ0) is 17.6. The van der Waals surface area contributed by atoms with Gasteiger partial charge in [0.2, 0.25) is 15.9 Å². The highest BCUT2D eigenvalue weighted by atomic mass is 32.2. The van der Waals surface area contributed by atoms with Gasteiger partial charge in [0.05, 0.1) is 12.8 Å². The van der Waals surface area contributed by atoms with Gasteiger partial charge in [-0.3, -0.25) is 4.79 Å². The van der Waals surface area contributed by atoms with Crippen LogP contribution in [-0.4, -0.2) is 33.7 Å². The van der Waals surface area contributed by atoms with Gasteiger partial charge in [-0.2, -0.15) is 0 Å². The van der Waals surface area contributed by atoms with Crippen molar-refractivity contribution in [1.82, 2.24) is 10.0 Å². The average Bonchev–Trinajstić information content (AvgIpc) is 2.44. The molecule has 0 spiro atoms. The quantitative estimate of drug-likeness (QED) is 0.545. The Morgan fingerprint density at radius 2 is 2.13 bits per heavy atom. The molecule has 6 heteroatoms. The van der Waals surface area contributed by atoms with Crippen LogP contribution in [-0.2, 0) is 14.8 Å². The van der Waals surface area contributed by atoms with Crippen molar-refractivity contribution in [3.63, 3.8) is 0 Å². The lowest BCUT2D eigenvalue weighted by atomic mass is 9.70. The van der Waals surface area contributed by atoms with Gasteiger partial charge in [-0.25, -0.2) is 13.1 Å². The minimum atomic E-state index is -3.20. The number of allylic oxidation sites excluding steroid dienone is 1. The van der Waals surface area contributed by atoms with Crippen molar-refractivity contribution < 1.29 is 13.2 Å². The number of sulfonamides is 1. The van der Waals surface area contributed by atoms with E-state index in [9.17, 15) is 13.2 Å².